The molecule has 2 radical (unpaired) electrons. The van der Waals surface area contributed by atoms with Crippen molar-refractivity contribution in [2.75, 3.05) is 13.1 Å². The zero-order valence-electron chi connectivity index (χ0n) is 4.74. The smallest absolute Gasteiger partial charge is 0 e. The van der Waals surface area contributed by atoms with Crippen molar-refractivity contribution in [3.05, 3.63) is 0 Å². The molecule has 0 unspecified atom stereocenters. The zero-order chi connectivity index (χ0) is 4.24. The van der Waals surface area contributed by atoms with Crippen molar-refractivity contribution in [2.45, 2.75) is 19.3 Å². The molecule has 38 valence electrons. The van der Waals surface area contributed by atoms with Crippen LogP contribution in [0.2, 0.25) is 0 Å². The average Bonchev–Trinajstić information content (AvgIpc) is 1.72. The predicted octanol–water partition coefficient (Wildman–Crippen LogP) is 0.379. The molecule has 0 bridgehead atoms. The highest BCUT2D eigenvalue weighted by Crippen LogP contribution is 1.96. The average molecular weight is 109 g/mol. The molecule has 1 aliphatic rings. The summed E-state index contributed by atoms with van der Waals surface area (Å²) in [7, 11) is 0. The predicted molar refractivity (Wildman–Crippen MR) is 32.5 cm³/mol. The molecule has 0 amide bonds. The fourth-order valence-corrected chi connectivity index (χ4v) is 0.802. The molecule has 1 rings (SSSR count). The summed E-state index contributed by atoms with van der Waals surface area (Å²) >= 11 is 0. The maximum atomic E-state index is 3.28. The molecule has 0 aromatic rings. The van der Waals surface area contributed by atoms with Crippen LogP contribution in [0.5, 0.6) is 0 Å². The molecule has 1 aliphatic heterocycles. The van der Waals surface area contributed by atoms with E-state index < -0.39 is 0 Å². The summed E-state index contributed by atoms with van der Waals surface area (Å²) in [6, 6.07) is 0. The summed E-state index contributed by atoms with van der Waals surface area (Å²) in [6.45, 7) is 2.50. The Morgan fingerprint density at radius 1 is 0.857 bits per heavy atom. The molecule has 2 heteroatoms. The van der Waals surface area contributed by atoms with Crippen molar-refractivity contribution in [1.29, 1.82) is 0 Å². The lowest BCUT2D eigenvalue weighted by molar-refractivity contribution is 0.520. The summed E-state index contributed by atoms with van der Waals surface area (Å²) in [5.41, 5.74) is 0. The van der Waals surface area contributed by atoms with E-state index in [1.54, 1.807) is 0 Å². The number of hydrogen-bond acceptors (Lipinski definition) is 1. The highest BCUT2D eigenvalue weighted by molar-refractivity contribution is 5.75. The molecule has 0 atom stereocenters. The molecule has 0 aliphatic carbocycles. The third-order valence-electron chi connectivity index (χ3n) is 1.21. The van der Waals surface area contributed by atoms with Crippen LogP contribution in [-0.2, 0) is 0 Å². The Hall–Kier alpha value is 0.726. The largest absolute Gasteiger partial charge is 0.317 e. The Labute approximate surface area is 61.0 Å². The van der Waals surface area contributed by atoms with E-state index in [2.05, 4.69) is 5.32 Å². The second-order valence-corrected chi connectivity index (χ2v) is 1.81. The van der Waals surface area contributed by atoms with Crippen LogP contribution in [0.4, 0.5) is 0 Å². The van der Waals surface area contributed by atoms with E-state index in [-0.39, 0.29) is 23.1 Å². The quantitative estimate of drug-likeness (QED) is 0.444. The second kappa shape index (κ2) is 4.87. The summed E-state index contributed by atoms with van der Waals surface area (Å²) in [5.74, 6) is 0. The van der Waals surface area contributed by atoms with Gasteiger partial charge in [0.05, 0.1) is 0 Å². The van der Waals surface area contributed by atoms with Gasteiger partial charge >= 0.3 is 0 Å². The van der Waals surface area contributed by atoms with E-state index >= 15 is 0 Å². The Morgan fingerprint density at radius 3 is 1.57 bits per heavy atom. The number of rotatable bonds is 0. The third-order valence-corrected chi connectivity index (χ3v) is 1.21. The molecule has 0 aromatic carbocycles. The third kappa shape index (κ3) is 3.32. The van der Waals surface area contributed by atoms with Crippen LogP contribution < -0.4 is 5.32 Å². The van der Waals surface area contributed by atoms with Gasteiger partial charge in [-0.1, -0.05) is 6.42 Å². The van der Waals surface area contributed by atoms with Crippen LogP contribution in [-0.4, -0.2) is 36.1 Å². The Balaban J connectivity index is 0.000000360. The number of nitrogens with one attached hydrogen (secondary N) is 1. The Kier molecular flexibility index (Phi) is 5.38. The van der Waals surface area contributed by atoms with Gasteiger partial charge in [-0.2, -0.15) is 0 Å². The summed E-state index contributed by atoms with van der Waals surface area (Å²) in [6.07, 6.45) is 4.22. The SMILES string of the molecule is C1CCNCC1.[Mg]. The molecule has 7 heavy (non-hydrogen) atoms. The van der Waals surface area contributed by atoms with Crippen LogP contribution >= 0.6 is 0 Å². The lowest BCUT2D eigenvalue weighted by atomic mass is 10.2. The molecule has 0 spiro atoms. The van der Waals surface area contributed by atoms with Gasteiger partial charge in [0, 0.05) is 23.1 Å². The van der Waals surface area contributed by atoms with E-state index in [9.17, 15) is 0 Å². The minimum absolute atomic E-state index is 0. The highest BCUT2D eigenvalue weighted by atomic mass is 24.3. The van der Waals surface area contributed by atoms with E-state index in [1.165, 1.54) is 32.4 Å². The fourth-order valence-electron chi connectivity index (χ4n) is 0.802. The lowest BCUT2D eigenvalue weighted by Gasteiger charge is -2.08. The molecule has 0 saturated carbocycles. The number of piperidine rings is 1. The van der Waals surface area contributed by atoms with E-state index in [1.807, 2.05) is 0 Å². The first-order valence-corrected chi connectivity index (χ1v) is 2.71. The normalized spacial score (nSPS) is 20.6. The van der Waals surface area contributed by atoms with Crippen LogP contribution in [0.15, 0.2) is 0 Å². The van der Waals surface area contributed by atoms with Crippen LogP contribution in [0, 0.1) is 0 Å². The molecule has 1 fully saturated rings. The van der Waals surface area contributed by atoms with Gasteiger partial charge in [-0.05, 0) is 25.9 Å². The van der Waals surface area contributed by atoms with E-state index in [4.69, 9.17) is 0 Å². The van der Waals surface area contributed by atoms with Gasteiger partial charge in [0.2, 0.25) is 0 Å². The molecule has 0 aromatic heterocycles. The summed E-state index contributed by atoms with van der Waals surface area (Å²) in [4.78, 5) is 0. The second-order valence-electron chi connectivity index (χ2n) is 1.81. The minimum Gasteiger partial charge on any atom is -0.317 e. The zero-order valence-corrected chi connectivity index (χ0v) is 6.16. The first-order chi connectivity index (χ1) is 3.00. The van der Waals surface area contributed by atoms with Crippen molar-refractivity contribution in [3.8, 4) is 0 Å². The number of hydrogen-bond donors (Lipinski definition) is 1. The van der Waals surface area contributed by atoms with Gasteiger partial charge in [0.25, 0.3) is 0 Å². The van der Waals surface area contributed by atoms with Gasteiger partial charge in [0.15, 0.2) is 0 Å². The maximum absolute atomic E-state index is 3.28. The van der Waals surface area contributed by atoms with Crippen molar-refractivity contribution >= 4 is 23.1 Å². The Bertz CT molecular complexity index is 23.6. The first-order valence-electron chi connectivity index (χ1n) is 2.71. The lowest BCUT2D eigenvalue weighted by Crippen LogP contribution is -2.21. The minimum atomic E-state index is 0. The first kappa shape index (κ1) is 7.73. The topological polar surface area (TPSA) is 12.0 Å². The van der Waals surface area contributed by atoms with Crippen molar-refractivity contribution in [1.82, 2.24) is 5.32 Å². The monoisotopic (exact) mass is 109 g/mol. The van der Waals surface area contributed by atoms with E-state index in [0.717, 1.165) is 0 Å². The van der Waals surface area contributed by atoms with Crippen LogP contribution in [0.25, 0.3) is 0 Å². The van der Waals surface area contributed by atoms with Crippen LogP contribution in [0.3, 0.4) is 0 Å². The molecular weight excluding hydrogens is 98.4 g/mol. The molecular formula is C5H11MgN. The maximum Gasteiger partial charge on any atom is 0 e. The van der Waals surface area contributed by atoms with Crippen LogP contribution in [0.1, 0.15) is 19.3 Å². The molecule has 1 nitrogen and oxygen atoms in total. The highest BCUT2D eigenvalue weighted by Gasteiger charge is 1.93. The van der Waals surface area contributed by atoms with Crippen molar-refractivity contribution in [2.24, 2.45) is 0 Å². The Morgan fingerprint density at radius 2 is 1.43 bits per heavy atom. The van der Waals surface area contributed by atoms with Gasteiger partial charge in [-0.25, -0.2) is 0 Å². The molecule has 1 heterocycles. The van der Waals surface area contributed by atoms with Gasteiger partial charge in [-0.15, -0.1) is 0 Å². The van der Waals surface area contributed by atoms with Crippen molar-refractivity contribution in [3.63, 3.8) is 0 Å². The van der Waals surface area contributed by atoms with Gasteiger partial charge < -0.3 is 5.32 Å². The van der Waals surface area contributed by atoms with E-state index in [0.29, 0.717) is 0 Å². The van der Waals surface area contributed by atoms with Crippen molar-refractivity contribution < 1.29 is 0 Å². The summed E-state index contributed by atoms with van der Waals surface area (Å²) < 4.78 is 0. The molecule has 1 N–H and O–H groups in total. The van der Waals surface area contributed by atoms with Gasteiger partial charge in [-0.3, -0.25) is 0 Å². The summed E-state index contributed by atoms with van der Waals surface area (Å²) in [5, 5.41) is 3.28. The van der Waals surface area contributed by atoms with Gasteiger partial charge in [0.1, 0.15) is 0 Å². The fraction of sp³-hybridized carbons (Fsp3) is 1.00. The molecule has 1 saturated heterocycles. The standard InChI is InChI=1S/C5H11N.Mg/c1-2-4-6-5-3-1;/h6H,1-5H2;.